The lowest BCUT2D eigenvalue weighted by Crippen LogP contribution is -2.74. The van der Waals surface area contributed by atoms with Crippen LogP contribution in [0.2, 0.25) is 0 Å². The van der Waals surface area contributed by atoms with E-state index < -0.39 is 132 Å². The zero-order chi connectivity index (χ0) is 43.3. The second-order valence-electron chi connectivity index (χ2n) is 13.4. The maximum atomic E-state index is 16.8. The Hall–Kier alpha value is -6.72. The molecule has 0 saturated carbocycles. The quantitative estimate of drug-likeness (QED) is 0.0423. The Morgan fingerprint density at radius 2 is 0.700 bits per heavy atom. The Morgan fingerprint density at radius 3 is 1.10 bits per heavy atom. The molecule has 0 fully saturated rings. The molecule has 2 nitrogen and oxygen atoms in total. The Morgan fingerprint density at radius 1 is 0.367 bits per heavy atom. The average molecular weight is 848 g/mol. The third kappa shape index (κ3) is 5.24. The molecule has 0 spiro atoms. The van der Waals surface area contributed by atoms with Crippen LogP contribution in [0.15, 0.2) is 78.9 Å². The van der Waals surface area contributed by atoms with Gasteiger partial charge in [-0.3, -0.25) is 4.74 Å². The van der Waals surface area contributed by atoms with Crippen molar-refractivity contribution in [3.63, 3.8) is 0 Å². The minimum Gasteiger partial charge on any atom is -0.321 e. The molecule has 304 valence electrons. The van der Waals surface area contributed by atoms with Gasteiger partial charge in [-0.15, -0.1) is 16.4 Å². The third-order valence-corrected chi connectivity index (χ3v) is 10.5. The molecule has 0 bridgehead atoms. The van der Waals surface area contributed by atoms with Crippen LogP contribution in [0.1, 0.15) is 32.2 Å². The van der Waals surface area contributed by atoms with Gasteiger partial charge in [0.25, 0.3) is 5.76 Å². The van der Waals surface area contributed by atoms with Crippen LogP contribution in [0.4, 0.5) is 65.9 Å². The first-order valence-corrected chi connectivity index (χ1v) is 17.1. The number of hydrogen-bond acceptors (Lipinski definition) is 1. The number of cyclic esters (lactones) is 1. The van der Waals surface area contributed by atoms with Gasteiger partial charge < -0.3 is 4.42 Å². The van der Waals surface area contributed by atoms with Gasteiger partial charge in [-0.1, -0.05) is 72.3 Å². The molecule has 1 aliphatic carbocycles. The summed E-state index contributed by atoms with van der Waals surface area (Å²) in [7, 11) is 1.16. The van der Waals surface area contributed by atoms with E-state index >= 15 is 52.7 Å². The highest BCUT2D eigenvalue weighted by Gasteiger charge is 2.54. The first-order valence-electron chi connectivity index (χ1n) is 17.1. The van der Waals surface area contributed by atoms with Gasteiger partial charge >= 0.3 is 5.97 Å². The van der Waals surface area contributed by atoms with Gasteiger partial charge in [-0.2, -0.15) is 5.47 Å². The highest BCUT2D eigenvalue weighted by Crippen LogP contribution is 2.54. The molecule has 2 aliphatic rings. The molecule has 0 saturated heterocycles. The summed E-state index contributed by atoms with van der Waals surface area (Å²) in [6.45, 7) is 0. The molecule has 6 aromatic rings. The van der Waals surface area contributed by atoms with Gasteiger partial charge in [0.05, 0.1) is 11.1 Å². The van der Waals surface area contributed by atoms with Crippen LogP contribution in [-0.2, 0) is 4.74 Å². The SMILES string of the molecule is C[O+]=C1O/C(=C2\C(c3ccccc3)=C([B-](c3c(F)c(F)c(F)c(F)c3F)(c3c(F)c(F)c(F)c(F)c3F)c3c(F)c(F)c(F)c(F)c3F)c3ccccc32)c2ccccc21. The zero-order valence-electron chi connectivity index (χ0n) is 29.6. The molecule has 1 heterocycles. The average Bonchev–Trinajstić information content (AvgIpc) is 3.81. The fourth-order valence-electron chi connectivity index (χ4n) is 8.20. The predicted molar refractivity (Wildman–Crippen MR) is 188 cm³/mol. The number of halogens is 15. The van der Waals surface area contributed by atoms with Crippen molar-refractivity contribution in [1.29, 1.82) is 0 Å². The molecule has 1 aliphatic heterocycles. The van der Waals surface area contributed by atoms with Crippen LogP contribution < -0.4 is 16.4 Å². The van der Waals surface area contributed by atoms with E-state index in [0.29, 0.717) is 0 Å². The monoisotopic (exact) mass is 848 g/mol. The van der Waals surface area contributed by atoms with E-state index in [-0.39, 0.29) is 34.0 Å². The Labute approximate surface area is 326 Å². The number of carbonyl (C=O) groups excluding carboxylic acids is 1. The number of rotatable bonds is 5. The number of fused-ring (bicyclic) bond motifs is 2. The van der Waals surface area contributed by atoms with Crippen LogP contribution >= 0.6 is 0 Å². The molecule has 60 heavy (non-hydrogen) atoms. The van der Waals surface area contributed by atoms with Gasteiger partial charge in [0, 0.05) is 0 Å². The maximum Gasteiger partial charge on any atom is 0.526 e. The number of benzene rings is 6. The molecule has 18 heteroatoms. The molecule has 0 unspecified atom stereocenters. The fraction of sp³-hybridized carbons (Fsp3) is 0.0238. The van der Waals surface area contributed by atoms with Crippen molar-refractivity contribution >= 4 is 50.9 Å². The highest BCUT2D eigenvalue weighted by molar-refractivity contribution is 7.24. The van der Waals surface area contributed by atoms with E-state index in [1.165, 1.54) is 48.5 Å². The van der Waals surface area contributed by atoms with Gasteiger partial charge in [0.15, 0.2) is 59.5 Å². The summed E-state index contributed by atoms with van der Waals surface area (Å²) in [6.07, 6.45) is -6.19. The van der Waals surface area contributed by atoms with Crippen LogP contribution in [0.5, 0.6) is 0 Å². The van der Waals surface area contributed by atoms with Crippen LogP contribution in [0.25, 0.3) is 22.4 Å². The van der Waals surface area contributed by atoms with Crippen molar-refractivity contribution in [2.24, 2.45) is 0 Å². The van der Waals surface area contributed by atoms with Gasteiger partial charge in [-0.25, -0.2) is 65.9 Å². The second-order valence-corrected chi connectivity index (χ2v) is 13.4. The van der Waals surface area contributed by atoms with Crippen molar-refractivity contribution in [2.45, 2.75) is 0 Å². The summed E-state index contributed by atoms with van der Waals surface area (Å²) in [6, 6.07) is 16.3. The van der Waals surface area contributed by atoms with Crippen molar-refractivity contribution in [3.05, 3.63) is 194 Å². The summed E-state index contributed by atoms with van der Waals surface area (Å²) in [5.74, 6) is -46.9. The van der Waals surface area contributed by atoms with Crippen molar-refractivity contribution in [3.8, 4) is 0 Å². The minimum absolute atomic E-state index is 0.0932. The lowest BCUT2D eigenvalue weighted by molar-refractivity contribution is -0.236. The highest BCUT2D eigenvalue weighted by atomic mass is 19.2. The summed E-state index contributed by atoms with van der Waals surface area (Å²) >= 11 is 0. The van der Waals surface area contributed by atoms with Crippen LogP contribution in [-0.4, -0.2) is 19.2 Å². The fourth-order valence-corrected chi connectivity index (χ4v) is 8.20. The molecule has 0 aromatic heterocycles. The molecular weight excluding hydrogens is 832 g/mol. The smallest absolute Gasteiger partial charge is 0.321 e. The number of esters is 1. The molecule has 6 aromatic carbocycles. The Balaban J connectivity index is 1.82. The Bertz CT molecular complexity index is 2720. The van der Waals surface area contributed by atoms with Crippen molar-refractivity contribution < 1.29 is 75.0 Å². The number of hydrogen-bond donors (Lipinski definition) is 0. The van der Waals surface area contributed by atoms with E-state index in [1.807, 2.05) is 0 Å². The van der Waals surface area contributed by atoms with E-state index in [1.54, 1.807) is 0 Å². The topological polar surface area (TPSA) is 20.5 Å². The van der Waals surface area contributed by atoms with Crippen molar-refractivity contribution in [1.82, 2.24) is 0 Å². The third-order valence-electron chi connectivity index (χ3n) is 10.5. The lowest BCUT2D eigenvalue weighted by atomic mass is 9.11. The summed E-state index contributed by atoms with van der Waals surface area (Å²) in [5, 5.41) is 0. The van der Waals surface area contributed by atoms with E-state index in [2.05, 4.69) is 0 Å². The zero-order valence-corrected chi connectivity index (χ0v) is 29.6. The predicted octanol–water partition coefficient (Wildman–Crippen LogP) is 9.61. The molecule has 0 radical (unpaired) electrons. The van der Waals surface area contributed by atoms with Gasteiger partial charge in [-0.05, 0) is 28.8 Å². The normalized spacial score (nSPS) is 15.6. The maximum absolute atomic E-state index is 16.8. The standard InChI is InChI=1S/C42H16BF15O2/c1-59-42-19-14-8-7-13-18(19)41(60-42)21-16-11-5-6-12-17(16)22(20(21)15-9-3-2-4-10-15)43(23-26(44)32(50)38(56)33(51)27(23)45,24-28(46)34(52)39(57)35(53)29(24)47)25-30(48)36(54)40(58)37(55)31(25)49/h2-14H,1H3/b41-21-. The number of allylic oxidation sites excluding steroid dienone is 2. The molecule has 0 amide bonds. The summed E-state index contributed by atoms with van der Waals surface area (Å²) < 4.78 is 250. The van der Waals surface area contributed by atoms with Gasteiger partial charge in [0.1, 0.15) is 46.6 Å². The molecule has 8 rings (SSSR count). The molecule has 0 N–H and O–H groups in total. The Kier molecular flexibility index (Phi) is 9.51. The van der Waals surface area contributed by atoms with E-state index in [9.17, 15) is 13.2 Å². The van der Waals surface area contributed by atoms with Gasteiger partial charge in [0.2, 0.25) is 0 Å². The summed E-state index contributed by atoms with van der Waals surface area (Å²) in [5.41, 5.74) is -12.1. The summed E-state index contributed by atoms with van der Waals surface area (Å²) in [4.78, 5) is 0. The number of ether oxygens (including phenoxy) is 1. The molecule has 0 atom stereocenters. The molecular formula is C42H16BF15O2. The van der Waals surface area contributed by atoms with Crippen molar-refractivity contribution in [2.75, 3.05) is 7.11 Å². The minimum atomic E-state index is -6.19. The second kappa shape index (κ2) is 14.2. The van der Waals surface area contributed by atoms with Crippen LogP contribution in [0.3, 0.4) is 0 Å². The lowest BCUT2D eigenvalue weighted by Gasteiger charge is -2.46. The first-order chi connectivity index (χ1) is 28.5. The van der Waals surface area contributed by atoms with E-state index in [0.717, 1.165) is 37.4 Å². The first kappa shape index (κ1) is 40.1. The van der Waals surface area contributed by atoms with Crippen LogP contribution in [0, 0.1) is 87.3 Å². The van der Waals surface area contributed by atoms with E-state index in [4.69, 9.17) is 9.16 Å². The largest absolute Gasteiger partial charge is 0.526 e.